The molecule has 0 saturated heterocycles. The molecule has 1 rings (SSSR count). The molecule has 19 heavy (non-hydrogen) atoms. The second kappa shape index (κ2) is 8.28. The largest absolute Gasteiger partial charge is 0.447 e. The smallest absolute Gasteiger partial charge is 0.273 e. The van der Waals surface area contributed by atoms with Crippen LogP contribution in [0.1, 0.15) is 5.76 Å². The lowest BCUT2D eigenvalue weighted by atomic mass is 10.4. The van der Waals surface area contributed by atoms with Crippen LogP contribution in [0.5, 0.6) is 0 Å². The topological polar surface area (TPSA) is 89.8 Å². The number of hydrogen-bond acceptors (Lipinski definition) is 6. The maximum absolute atomic E-state index is 11.4. The van der Waals surface area contributed by atoms with Crippen LogP contribution in [-0.2, 0) is 26.0 Å². The molecule has 0 aliphatic rings. The molecule has 8 heteroatoms. The lowest BCUT2D eigenvalue weighted by Gasteiger charge is -2.04. The summed E-state index contributed by atoms with van der Waals surface area (Å²) in [7, 11) is -0.545. The first-order valence-electron chi connectivity index (χ1n) is 5.90. The molecule has 0 aromatic carbocycles. The van der Waals surface area contributed by atoms with Crippen LogP contribution < -0.4 is 10.0 Å². The van der Waals surface area contributed by atoms with Gasteiger partial charge < -0.3 is 19.2 Å². The molecule has 0 amide bonds. The second-order valence-corrected chi connectivity index (χ2v) is 5.53. The Labute approximate surface area is 113 Å². The predicted molar refractivity (Wildman–Crippen MR) is 69.4 cm³/mol. The fourth-order valence-electron chi connectivity index (χ4n) is 1.30. The fraction of sp³-hybridized carbons (Fsp3) is 0.636. The zero-order valence-electron chi connectivity index (χ0n) is 11.1. The Kier molecular flexibility index (Phi) is 7.03. The first-order chi connectivity index (χ1) is 9.10. The van der Waals surface area contributed by atoms with Crippen molar-refractivity contribution in [3.05, 3.63) is 17.9 Å². The molecule has 1 aromatic rings. The third-order valence-corrected chi connectivity index (χ3v) is 3.61. The van der Waals surface area contributed by atoms with Crippen LogP contribution in [0.25, 0.3) is 0 Å². The maximum atomic E-state index is 11.4. The van der Waals surface area contributed by atoms with Gasteiger partial charge in [0.15, 0.2) is 0 Å². The van der Waals surface area contributed by atoms with E-state index in [9.17, 15) is 8.42 Å². The van der Waals surface area contributed by atoms with Crippen molar-refractivity contribution in [1.29, 1.82) is 0 Å². The molecular formula is C11H20N2O5S. The van der Waals surface area contributed by atoms with Crippen LogP contribution in [0.3, 0.4) is 0 Å². The minimum absolute atomic E-state index is 0.0804. The normalized spacial score (nSPS) is 11.9. The molecule has 0 spiro atoms. The molecule has 0 fully saturated rings. The zero-order chi connectivity index (χ0) is 14.1. The van der Waals surface area contributed by atoms with E-state index in [2.05, 4.69) is 10.0 Å². The molecule has 7 nitrogen and oxygen atoms in total. The van der Waals surface area contributed by atoms with Gasteiger partial charge in [0.05, 0.1) is 26.4 Å². The molecule has 0 unspecified atom stereocenters. The Morgan fingerprint density at radius 2 is 2.05 bits per heavy atom. The summed E-state index contributed by atoms with van der Waals surface area (Å²) in [6.45, 7) is 2.80. The van der Waals surface area contributed by atoms with Gasteiger partial charge in [-0.2, -0.15) is 0 Å². The quantitative estimate of drug-likeness (QED) is 0.587. The standard InChI is InChI=1S/C11H20N2O5S/c1-12-19(14,15)11-4-3-10(18-11)9-13-5-6-17-8-7-16-2/h3-4,12-13H,5-9H2,1-2H3. The highest BCUT2D eigenvalue weighted by Gasteiger charge is 2.15. The molecule has 0 radical (unpaired) electrons. The summed E-state index contributed by atoms with van der Waals surface area (Å²) in [6.07, 6.45) is 0. The van der Waals surface area contributed by atoms with E-state index in [1.54, 1.807) is 13.2 Å². The van der Waals surface area contributed by atoms with E-state index < -0.39 is 10.0 Å². The summed E-state index contributed by atoms with van der Waals surface area (Å²) in [5.41, 5.74) is 0. The molecule has 2 N–H and O–H groups in total. The van der Waals surface area contributed by atoms with Crippen molar-refractivity contribution in [2.24, 2.45) is 0 Å². The van der Waals surface area contributed by atoms with Crippen molar-refractivity contribution in [3.8, 4) is 0 Å². The Hall–Kier alpha value is -0.930. The summed E-state index contributed by atoms with van der Waals surface area (Å²) < 4.78 is 40.4. The van der Waals surface area contributed by atoms with E-state index in [1.807, 2.05) is 0 Å². The fourth-order valence-corrected chi connectivity index (χ4v) is 1.96. The number of sulfonamides is 1. The van der Waals surface area contributed by atoms with Gasteiger partial charge in [-0.1, -0.05) is 0 Å². The van der Waals surface area contributed by atoms with Crippen LogP contribution in [0.2, 0.25) is 0 Å². The van der Waals surface area contributed by atoms with Crippen molar-refractivity contribution in [2.45, 2.75) is 11.6 Å². The molecule has 0 saturated carbocycles. The van der Waals surface area contributed by atoms with Crippen LogP contribution in [0.4, 0.5) is 0 Å². The second-order valence-electron chi connectivity index (χ2n) is 3.71. The van der Waals surface area contributed by atoms with E-state index >= 15 is 0 Å². The number of furan rings is 1. The van der Waals surface area contributed by atoms with E-state index in [4.69, 9.17) is 13.9 Å². The Morgan fingerprint density at radius 1 is 1.26 bits per heavy atom. The van der Waals surface area contributed by atoms with Crippen molar-refractivity contribution < 1.29 is 22.3 Å². The van der Waals surface area contributed by atoms with Gasteiger partial charge in [-0.05, 0) is 19.2 Å². The minimum Gasteiger partial charge on any atom is -0.447 e. The van der Waals surface area contributed by atoms with Gasteiger partial charge in [-0.3, -0.25) is 0 Å². The third-order valence-electron chi connectivity index (χ3n) is 2.32. The molecule has 110 valence electrons. The molecular weight excluding hydrogens is 272 g/mol. The lowest BCUT2D eigenvalue weighted by molar-refractivity contribution is 0.0717. The predicted octanol–water partition coefficient (Wildman–Crippen LogP) is -0.0597. The average Bonchev–Trinajstić information content (AvgIpc) is 2.87. The molecule has 1 aromatic heterocycles. The first-order valence-corrected chi connectivity index (χ1v) is 7.38. The van der Waals surface area contributed by atoms with Gasteiger partial charge in [0.25, 0.3) is 10.0 Å². The Balaban J connectivity index is 2.24. The Morgan fingerprint density at radius 3 is 2.74 bits per heavy atom. The van der Waals surface area contributed by atoms with Gasteiger partial charge in [0, 0.05) is 13.7 Å². The summed E-state index contributed by atoms with van der Waals surface area (Å²) in [6, 6.07) is 3.06. The maximum Gasteiger partial charge on any atom is 0.273 e. The Bertz CT molecular complexity index is 457. The van der Waals surface area contributed by atoms with Crippen LogP contribution in [-0.4, -0.2) is 48.9 Å². The number of rotatable bonds is 10. The summed E-state index contributed by atoms with van der Waals surface area (Å²) in [5.74, 6) is 0.561. The number of methoxy groups -OCH3 is 1. The molecule has 0 atom stereocenters. The zero-order valence-corrected chi connectivity index (χ0v) is 12.0. The number of hydrogen-bond donors (Lipinski definition) is 2. The highest BCUT2D eigenvalue weighted by molar-refractivity contribution is 7.89. The average molecular weight is 292 g/mol. The molecule has 1 heterocycles. The van der Waals surface area contributed by atoms with Crippen LogP contribution >= 0.6 is 0 Å². The van der Waals surface area contributed by atoms with Crippen molar-refractivity contribution in [1.82, 2.24) is 10.0 Å². The van der Waals surface area contributed by atoms with Gasteiger partial charge in [-0.25, -0.2) is 13.1 Å². The lowest BCUT2D eigenvalue weighted by Crippen LogP contribution is -2.20. The summed E-state index contributed by atoms with van der Waals surface area (Å²) in [5, 5.41) is 3.01. The van der Waals surface area contributed by atoms with Crippen molar-refractivity contribution >= 4 is 10.0 Å². The highest BCUT2D eigenvalue weighted by atomic mass is 32.2. The van der Waals surface area contributed by atoms with E-state index in [-0.39, 0.29) is 5.09 Å². The summed E-state index contributed by atoms with van der Waals surface area (Å²) >= 11 is 0. The highest BCUT2D eigenvalue weighted by Crippen LogP contribution is 2.12. The first kappa shape index (κ1) is 16.1. The van der Waals surface area contributed by atoms with Crippen LogP contribution in [0, 0.1) is 0 Å². The molecule has 0 aliphatic carbocycles. The van der Waals surface area contributed by atoms with Gasteiger partial charge in [0.1, 0.15) is 5.76 Å². The monoisotopic (exact) mass is 292 g/mol. The van der Waals surface area contributed by atoms with Gasteiger partial charge in [0.2, 0.25) is 5.09 Å². The SMILES string of the molecule is CNS(=O)(=O)c1ccc(CNCCOCCOC)o1. The molecule has 0 bridgehead atoms. The van der Waals surface area contributed by atoms with Crippen molar-refractivity contribution in [3.63, 3.8) is 0 Å². The van der Waals surface area contributed by atoms with Crippen molar-refractivity contribution in [2.75, 3.05) is 40.5 Å². The number of nitrogens with one attached hydrogen (secondary N) is 2. The summed E-state index contributed by atoms with van der Waals surface area (Å²) in [4.78, 5) is 0. The molecule has 0 aliphatic heterocycles. The van der Waals surface area contributed by atoms with Gasteiger partial charge in [-0.15, -0.1) is 0 Å². The third kappa shape index (κ3) is 5.70. The minimum atomic E-state index is -3.51. The van der Waals surface area contributed by atoms with E-state index in [0.29, 0.717) is 38.7 Å². The number of ether oxygens (including phenoxy) is 2. The van der Waals surface area contributed by atoms with E-state index in [1.165, 1.54) is 13.1 Å². The van der Waals surface area contributed by atoms with Gasteiger partial charge >= 0.3 is 0 Å². The van der Waals surface area contributed by atoms with E-state index in [0.717, 1.165) is 0 Å². The van der Waals surface area contributed by atoms with Crippen LogP contribution in [0.15, 0.2) is 21.6 Å².